The van der Waals surface area contributed by atoms with Crippen molar-refractivity contribution < 1.29 is 8.42 Å². The Labute approximate surface area is 89.7 Å². The molecule has 1 unspecified atom stereocenters. The zero-order valence-electron chi connectivity index (χ0n) is 8.27. The lowest BCUT2D eigenvalue weighted by Gasteiger charge is -2.09. The minimum atomic E-state index is -3.52. The first kappa shape index (κ1) is 11.7. The van der Waals surface area contributed by atoms with Gasteiger partial charge in [-0.1, -0.05) is 24.1 Å². The highest BCUT2D eigenvalue weighted by Gasteiger charge is 2.12. The third-order valence-electron chi connectivity index (χ3n) is 1.71. The van der Waals surface area contributed by atoms with Crippen molar-refractivity contribution in [1.82, 2.24) is 10.3 Å². The van der Waals surface area contributed by atoms with E-state index < -0.39 is 10.0 Å². The van der Waals surface area contributed by atoms with Gasteiger partial charge in [0.05, 0.1) is 10.9 Å². The van der Waals surface area contributed by atoms with Crippen LogP contribution >= 0.6 is 0 Å². The van der Waals surface area contributed by atoms with Crippen molar-refractivity contribution in [1.29, 1.82) is 0 Å². The maximum absolute atomic E-state index is 11.6. The van der Waals surface area contributed by atoms with Crippen LogP contribution in [0.5, 0.6) is 0 Å². The average molecular weight is 224 g/mol. The minimum Gasteiger partial charge on any atom is -0.229 e. The van der Waals surface area contributed by atoms with Crippen molar-refractivity contribution in [3.05, 3.63) is 30.3 Å². The summed E-state index contributed by atoms with van der Waals surface area (Å²) in [6.07, 6.45) is 5.09. The van der Waals surface area contributed by atoms with Crippen LogP contribution in [0.15, 0.2) is 35.2 Å². The molecule has 0 amide bonds. The SMILES string of the molecule is C#CC(C)NNS(=O)(=O)c1ccccc1. The van der Waals surface area contributed by atoms with E-state index in [9.17, 15) is 8.42 Å². The quantitative estimate of drug-likeness (QED) is 0.578. The van der Waals surface area contributed by atoms with E-state index in [0.717, 1.165) is 0 Å². The first-order valence-corrected chi connectivity index (χ1v) is 5.83. The molecule has 0 aromatic heterocycles. The fraction of sp³-hybridized carbons (Fsp3) is 0.200. The fourth-order valence-corrected chi connectivity index (χ4v) is 1.83. The minimum absolute atomic E-state index is 0.196. The van der Waals surface area contributed by atoms with Crippen molar-refractivity contribution in [2.45, 2.75) is 17.9 Å². The number of hydrazine groups is 1. The van der Waals surface area contributed by atoms with Crippen LogP contribution in [0.4, 0.5) is 0 Å². The van der Waals surface area contributed by atoms with E-state index in [1.807, 2.05) is 0 Å². The van der Waals surface area contributed by atoms with Gasteiger partial charge in [0.2, 0.25) is 0 Å². The maximum atomic E-state index is 11.6. The van der Waals surface area contributed by atoms with E-state index >= 15 is 0 Å². The second-order valence-electron chi connectivity index (χ2n) is 2.95. The molecule has 1 aromatic rings. The van der Waals surface area contributed by atoms with Crippen molar-refractivity contribution in [2.24, 2.45) is 0 Å². The van der Waals surface area contributed by atoms with E-state index in [2.05, 4.69) is 16.2 Å². The van der Waals surface area contributed by atoms with E-state index in [1.54, 1.807) is 25.1 Å². The van der Waals surface area contributed by atoms with Crippen molar-refractivity contribution in [3.63, 3.8) is 0 Å². The summed E-state index contributed by atoms with van der Waals surface area (Å²) in [5, 5.41) is 0. The van der Waals surface area contributed by atoms with Gasteiger partial charge in [-0.15, -0.1) is 11.3 Å². The van der Waals surface area contributed by atoms with Gasteiger partial charge in [0.1, 0.15) is 0 Å². The van der Waals surface area contributed by atoms with Crippen molar-refractivity contribution in [2.75, 3.05) is 0 Å². The number of nitrogens with one attached hydrogen (secondary N) is 2. The molecule has 0 radical (unpaired) electrons. The van der Waals surface area contributed by atoms with Crippen LogP contribution in [0, 0.1) is 12.3 Å². The molecule has 0 aliphatic rings. The third-order valence-corrected chi connectivity index (χ3v) is 2.99. The lowest BCUT2D eigenvalue weighted by Crippen LogP contribution is -2.42. The zero-order chi connectivity index (χ0) is 11.3. The van der Waals surface area contributed by atoms with Crippen LogP contribution in [0.2, 0.25) is 0 Å². The molecule has 2 N–H and O–H groups in total. The molecule has 0 spiro atoms. The number of hydrogen-bond donors (Lipinski definition) is 2. The van der Waals surface area contributed by atoms with Crippen LogP contribution in [0.3, 0.4) is 0 Å². The van der Waals surface area contributed by atoms with Crippen molar-refractivity contribution >= 4 is 10.0 Å². The van der Waals surface area contributed by atoms with Crippen LogP contribution in [0.1, 0.15) is 6.92 Å². The molecule has 80 valence electrons. The molecular formula is C10H12N2O2S. The molecule has 1 rings (SSSR count). The lowest BCUT2D eigenvalue weighted by atomic mass is 10.4. The molecule has 1 aromatic carbocycles. The summed E-state index contributed by atoms with van der Waals surface area (Å²) in [7, 11) is -3.52. The van der Waals surface area contributed by atoms with Gasteiger partial charge < -0.3 is 0 Å². The second-order valence-corrected chi connectivity index (χ2v) is 4.63. The topological polar surface area (TPSA) is 58.2 Å². The number of terminal acetylenes is 1. The van der Waals surface area contributed by atoms with Gasteiger partial charge in [0, 0.05) is 0 Å². The predicted octanol–water partition coefficient (Wildman–Crippen LogP) is 0.491. The van der Waals surface area contributed by atoms with Gasteiger partial charge in [0.15, 0.2) is 0 Å². The summed E-state index contributed by atoms with van der Waals surface area (Å²) in [6.45, 7) is 1.67. The molecule has 4 nitrogen and oxygen atoms in total. The van der Waals surface area contributed by atoms with Crippen molar-refractivity contribution in [3.8, 4) is 12.3 Å². The highest BCUT2D eigenvalue weighted by Crippen LogP contribution is 2.05. The number of hydrogen-bond acceptors (Lipinski definition) is 3. The zero-order valence-corrected chi connectivity index (χ0v) is 9.08. The van der Waals surface area contributed by atoms with Gasteiger partial charge in [-0.2, -0.15) is 0 Å². The molecule has 0 saturated carbocycles. The standard InChI is InChI=1S/C10H12N2O2S/c1-3-9(2)11-12-15(13,14)10-7-5-4-6-8-10/h1,4-9,11-12H,2H3. The molecule has 5 heteroatoms. The fourth-order valence-electron chi connectivity index (χ4n) is 0.866. The molecule has 0 saturated heterocycles. The molecular weight excluding hydrogens is 212 g/mol. The summed E-state index contributed by atoms with van der Waals surface area (Å²) < 4.78 is 23.2. The Morgan fingerprint density at radius 2 is 1.93 bits per heavy atom. The largest absolute Gasteiger partial charge is 0.253 e. The summed E-state index contributed by atoms with van der Waals surface area (Å²) in [5.41, 5.74) is 2.50. The number of benzene rings is 1. The van der Waals surface area contributed by atoms with Crippen LogP contribution < -0.4 is 10.3 Å². The monoisotopic (exact) mass is 224 g/mol. The van der Waals surface area contributed by atoms with Crippen LogP contribution in [-0.2, 0) is 10.0 Å². The molecule has 0 aliphatic carbocycles. The molecule has 1 atom stereocenters. The Morgan fingerprint density at radius 3 is 2.47 bits per heavy atom. The normalized spacial score (nSPS) is 13.1. The highest BCUT2D eigenvalue weighted by atomic mass is 32.2. The Balaban J connectivity index is 2.74. The number of rotatable bonds is 4. The summed E-state index contributed by atoms with van der Waals surface area (Å²) in [4.78, 5) is 2.40. The maximum Gasteiger partial charge on any atom is 0.253 e. The van der Waals surface area contributed by atoms with Gasteiger partial charge in [-0.3, -0.25) is 0 Å². The Hall–Kier alpha value is -1.35. The Morgan fingerprint density at radius 1 is 1.33 bits per heavy atom. The molecule has 15 heavy (non-hydrogen) atoms. The van der Waals surface area contributed by atoms with Crippen LogP contribution in [0.25, 0.3) is 0 Å². The highest BCUT2D eigenvalue weighted by molar-refractivity contribution is 7.89. The first-order chi connectivity index (χ1) is 7.06. The molecule has 0 aliphatic heterocycles. The van der Waals surface area contributed by atoms with Gasteiger partial charge >= 0.3 is 0 Å². The van der Waals surface area contributed by atoms with Crippen LogP contribution in [-0.4, -0.2) is 14.5 Å². The first-order valence-electron chi connectivity index (χ1n) is 4.35. The summed E-state index contributed by atoms with van der Waals surface area (Å²) in [5.74, 6) is 2.35. The molecule has 0 heterocycles. The predicted molar refractivity (Wildman–Crippen MR) is 58.2 cm³/mol. The molecule has 0 bridgehead atoms. The van der Waals surface area contributed by atoms with Gasteiger partial charge in [0.25, 0.3) is 10.0 Å². The smallest absolute Gasteiger partial charge is 0.229 e. The third kappa shape index (κ3) is 3.36. The average Bonchev–Trinajstić information content (AvgIpc) is 2.27. The Bertz CT molecular complexity index is 448. The summed E-state index contributed by atoms with van der Waals surface area (Å²) in [6, 6.07) is 7.70. The second kappa shape index (κ2) is 4.94. The summed E-state index contributed by atoms with van der Waals surface area (Å²) >= 11 is 0. The lowest BCUT2D eigenvalue weighted by molar-refractivity contribution is 0.544. The Kier molecular flexibility index (Phi) is 3.86. The van der Waals surface area contributed by atoms with Gasteiger partial charge in [-0.05, 0) is 19.1 Å². The molecule has 0 fully saturated rings. The van der Waals surface area contributed by atoms with E-state index in [0.29, 0.717) is 0 Å². The van der Waals surface area contributed by atoms with Gasteiger partial charge in [-0.25, -0.2) is 13.8 Å². The van der Waals surface area contributed by atoms with E-state index in [1.165, 1.54) is 12.1 Å². The van der Waals surface area contributed by atoms with E-state index in [-0.39, 0.29) is 10.9 Å². The van der Waals surface area contributed by atoms with E-state index in [4.69, 9.17) is 6.42 Å². The number of sulfonamides is 1.